The molecule has 1 rings (SSSR count). The van der Waals surface area contributed by atoms with Gasteiger partial charge in [0.25, 0.3) is 10.1 Å². The van der Waals surface area contributed by atoms with Crippen LogP contribution in [-0.2, 0) is 16.5 Å². The van der Waals surface area contributed by atoms with E-state index in [4.69, 9.17) is 4.55 Å². The first kappa shape index (κ1) is 18.9. The van der Waals surface area contributed by atoms with Crippen molar-refractivity contribution in [3.8, 4) is 0 Å². The summed E-state index contributed by atoms with van der Waals surface area (Å²) in [5.74, 6) is -0.207. The van der Waals surface area contributed by atoms with Gasteiger partial charge < -0.3 is 5.32 Å². The predicted octanol–water partition coefficient (Wildman–Crippen LogP) is 3.07. The Hall–Kier alpha value is -1.17. The highest BCUT2D eigenvalue weighted by Crippen LogP contribution is 2.15. The Morgan fingerprint density at radius 1 is 1.23 bits per heavy atom. The lowest BCUT2D eigenvalue weighted by atomic mass is 9.94. The fourth-order valence-corrected chi connectivity index (χ4v) is 2.53. The zero-order chi connectivity index (χ0) is 16.6. The second-order valence-electron chi connectivity index (χ2n) is 6.62. The third-order valence-corrected chi connectivity index (χ3v) is 3.92. The number of rotatable bonds is 8. The van der Waals surface area contributed by atoms with Crippen molar-refractivity contribution in [2.24, 2.45) is 5.41 Å². The molecule has 0 aliphatic heterocycles. The second-order valence-corrected chi connectivity index (χ2v) is 8.19. The van der Waals surface area contributed by atoms with Gasteiger partial charge >= 0.3 is 0 Å². The highest BCUT2D eigenvalue weighted by atomic mass is 32.2. The summed E-state index contributed by atoms with van der Waals surface area (Å²) in [6, 6.07) is 10.3. The minimum absolute atomic E-state index is 0.102. The van der Waals surface area contributed by atoms with Crippen LogP contribution in [0.2, 0.25) is 0 Å². The van der Waals surface area contributed by atoms with Gasteiger partial charge in [-0.15, -0.1) is 0 Å². The van der Waals surface area contributed by atoms with Gasteiger partial charge in [0.2, 0.25) is 0 Å². The van der Waals surface area contributed by atoms with E-state index in [0.717, 1.165) is 6.42 Å². The van der Waals surface area contributed by atoms with Crippen LogP contribution < -0.4 is 5.32 Å². The van der Waals surface area contributed by atoms with E-state index in [0.29, 0.717) is 13.0 Å². The summed E-state index contributed by atoms with van der Waals surface area (Å²) >= 11 is 0. The summed E-state index contributed by atoms with van der Waals surface area (Å²) < 4.78 is 30.2. The molecule has 5 heteroatoms. The van der Waals surface area contributed by atoms with Crippen LogP contribution >= 0.6 is 0 Å². The van der Waals surface area contributed by atoms with Crippen LogP contribution in [0.3, 0.4) is 0 Å². The number of nitrogens with one attached hydrogen (secondary N) is 1. The summed E-state index contributed by atoms with van der Waals surface area (Å²) in [4.78, 5) is 0. The van der Waals surface area contributed by atoms with Crippen molar-refractivity contribution in [3.63, 3.8) is 0 Å². The van der Waals surface area contributed by atoms with E-state index in [9.17, 15) is 8.42 Å². The van der Waals surface area contributed by atoms with Crippen molar-refractivity contribution in [1.29, 1.82) is 0 Å². The normalized spacial score (nSPS) is 14.4. The molecule has 0 radical (unpaired) electrons. The van der Waals surface area contributed by atoms with Crippen LogP contribution in [0.15, 0.2) is 42.5 Å². The Kier molecular flexibility index (Phi) is 7.26. The molecule has 0 fully saturated rings. The molecule has 0 spiro atoms. The molecule has 1 aromatic rings. The van der Waals surface area contributed by atoms with Crippen LogP contribution in [0.1, 0.15) is 32.8 Å². The molecule has 0 aromatic heterocycles. The molecule has 0 saturated heterocycles. The number of hydrogen-bond donors (Lipinski definition) is 2. The average Bonchev–Trinajstić information content (AvgIpc) is 2.40. The maximum atomic E-state index is 10.7. The molecular weight excluding hydrogens is 298 g/mol. The van der Waals surface area contributed by atoms with E-state index >= 15 is 0 Å². The van der Waals surface area contributed by atoms with Gasteiger partial charge in [-0.3, -0.25) is 4.55 Å². The first-order valence-corrected chi connectivity index (χ1v) is 9.18. The minimum atomic E-state index is -3.87. The van der Waals surface area contributed by atoms with Crippen LogP contribution in [0.5, 0.6) is 0 Å². The summed E-state index contributed by atoms with van der Waals surface area (Å²) in [6.45, 7) is 6.97. The maximum absolute atomic E-state index is 10.7. The Bertz CT molecular complexity index is 559. The molecule has 0 aliphatic carbocycles. The van der Waals surface area contributed by atoms with Crippen LogP contribution in [-0.4, -0.2) is 31.3 Å². The molecule has 1 atom stereocenters. The fraction of sp³-hybridized carbons (Fsp3) is 0.529. The van der Waals surface area contributed by atoms with E-state index in [1.807, 2.05) is 18.2 Å². The Morgan fingerprint density at radius 2 is 1.86 bits per heavy atom. The van der Waals surface area contributed by atoms with Crippen LogP contribution in [0, 0.1) is 5.41 Å². The lowest BCUT2D eigenvalue weighted by Gasteiger charge is -2.18. The van der Waals surface area contributed by atoms with Gasteiger partial charge in [0.15, 0.2) is 0 Å². The number of allylic oxidation sites excluding steroid dienone is 1. The fourth-order valence-electron chi connectivity index (χ4n) is 2.02. The smallest absolute Gasteiger partial charge is 0.264 e. The first-order valence-electron chi connectivity index (χ1n) is 7.57. The third-order valence-electron chi connectivity index (χ3n) is 3.11. The predicted molar refractivity (Wildman–Crippen MR) is 91.6 cm³/mol. The molecule has 0 amide bonds. The summed E-state index contributed by atoms with van der Waals surface area (Å²) in [6.07, 6.45) is 5.55. The van der Waals surface area contributed by atoms with Crippen molar-refractivity contribution >= 4 is 10.1 Å². The summed E-state index contributed by atoms with van der Waals surface area (Å²) in [5.41, 5.74) is 1.33. The van der Waals surface area contributed by atoms with Crippen molar-refractivity contribution in [2.45, 2.75) is 39.7 Å². The van der Waals surface area contributed by atoms with Gasteiger partial charge in [0.1, 0.15) is 0 Å². The largest absolute Gasteiger partial charge is 0.310 e. The molecule has 0 heterocycles. The van der Waals surface area contributed by atoms with Crippen molar-refractivity contribution in [3.05, 3.63) is 48.0 Å². The molecule has 0 aliphatic rings. The number of hydrogen-bond acceptors (Lipinski definition) is 3. The van der Waals surface area contributed by atoms with Gasteiger partial charge in [-0.2, -0.15) is 8.42 Å². The molecule has 0 unspecified atom stereocenters. The van der Waals surface area contributed by atoms with Gasteiger partial charge in [0.05, 0.1) is 5.75 Å². The van der Waals surface area contributed by atoms with Crippen LogP contribution in [0.25, 0.3) is 0 Å². The van der Waals surface area contributed by atoms with E-state index in [1.165, 1.54) is 5.56 Å². The molecule has 124 valence electrons. The zero-order valence-electron chi connectivity index (χ0n) is 13.6. The molecule has 4 nitrogen and oxygen atoms in total. The minimum Gasteiger partial charge on any atom is -0.310 e. The van der Waals surface area contributed by atoms with Gasteiger partial charge in [-0.25, -0.2) is 0 Å². The van der Waals surface area contributed by atoms with Gasteiger partial charge in [0, 0.05) is 6.04 Å². The lowest BCUT2D eigenvalue weighted by Crippen LogP contribution is -2.31. The van der Waals surface area contributed by atoms with Gasteiger partial charge in [-0.1, -0.05) is 63.3 Å². The third kappa shape index (κ3) is 9.71. The van der Waals surface area contributed by atoms with Gasteiger partial charge in [-0.05, 0) is 30.4 Å². The molecule has 0 saturated carbocycles. The Labute approximate surface area is 134 Å². The molecule has 22 heavy (non-hydrogen) atoms. The molecule has 0 bridgehead atoms. The maximum Gasteiger partial charge on any atom is 0.264 e. The highest BCUT2D eigenvalue weighted by molar-refractivity contribution is 7.85. The van der Waals surface area contributed by atoms with E-state index in [2.05, 4.69) is 50.4 Å². The van der Waals surface area contributed by atoms with E-state index < -0.39 is 10.1 Å². The zero-order valence-corrected chi connectivity index (χ0v) is 14.4. The molecular formula is C17H27NO3S. The summed E-state index contributed by atoms with van der Waals surface area (Å²) in [7, 11) is -3.87. The lowest BCUT2D eigenvalue weighted by molar-refractivity contribution is 0.478. The second kappa shape index (κ2) is 8.46. The standard InChI is InChI=1S/C17H27NO3S/c1-17(2,3)11-10-16(14-15-8-5-4-6-9-15)18-12-7-13-22(19,20)21/h4-6,8-11,16,18H,7,12-14H2,1-3H3,(H,19,20,21)/t16-/m0/s1. The Balaban J connectivity index is 2.60. The molecule has 1 aromatic carbocycles. The highest BCUT2D eigenvalue weighted by Gasteiger charge is 2.10. The SMILES string of the molecule is CC(C)(C)C=C[C@@H](Cc1ccccc1)NCCCS(=O)(=O)O. The average molecular weight is 325 g/mol. The summed E-state index contributed by atoms with van der Waals surface area (Å²) in [5, 5.41) is 3.35. The first-order chi connectivity index (χ1) is 10.2. The van der Waals surface area contributed by atoms with Crippen LogP contribution in [0.4, 0.5) is 0 Å². The van der Waals surface area contributed by atoms with E-state index in [1.54, 1.807) is 0 Å². The van der Waals surface area contributed by atoms with Crippen molar-refractivity contribution < 1.29 is 13.0 Å². The Morgan fingerprint density at radius 3 is 2.41 bits per heavy atom. The topological polar surface area (TPSA) is 66.4 Å². The number of benzene rings is 1. The van der Waals surface area contributed by atoms with Crippen molar-refractivity contribution in [1.82, 2.24) is 5.32 Å². The van der Waals surface area contributed by atoms with Crippen molar-refractivity contribution in [2.75, 3.05) is 12.3 Å². The van der Waals surface area contributed by atoms with E-state index in [-0.39, 0.29) is 17.2 Å². The monoisotopic (exact) mass is 325 g/mol. The quantitative estimate of drug-likeness (QED) is 0.438. The molecule has 2 N–H and O–H groups in total.